The number of allylic oxidation sites excluding steroid dienone is 7. The monoisotopic (exact) mass is 1000 g/mol. The van der Waals surface area contributed by atoms with E-state index >= 15 is 0 Å². The van der Waals surface area contributed by atoms with Crippen LogP contribution in [0.2, 0.25) is 0 Å². The van der Waals surface area contributed by atoms with Gasteiger partial charge < -0.3 is 24.2 Å². The second-order valence-electron chi connectivity index (χ2n) is 19.6. The van der Waals surface area contributed by atoms with Crippen LogP contribution in [-0.2, 0) is 49.4 Å². The Morgan fingerprint density at radius 2 is 1.46 bits per heavy atom. The fourth-order valence-electron chi connectivity index (χ4n) is 11.5. The lowest BCUT2D eigenvalue weighted by molar-refractivity contribution is -0.777. The Kier molecular flexibility index (Phi) is 12.7. The third-order valence-corrected chi connectivity index (χ3v) is 15.9. The van der Waals surface area contributed by atoms with Crippen molar-refractivity contribution >= 4 is 84.1 Å². The first kappa shape index (κ1) is 48.9. The van der Waals surface area contributed by atoms with Gasteiger partial charge in [-0.15, -0.1) is 0 Å². The number of nitrogens with zero attached hydrogens (tertiary/aromatic N) is 3. The number of ether oxygens (including phenoxy) is 2. The number of anilines is 2. The van der Waals surface area contributed by atoms with Crippen molar-refractivity contribution in [2.45, 2.75) is 81.2 Å². The summed E-state index contributed by atoms with van der Waals surface area (Å²) in [4.78, 5) is 27.4. The zero-order chi connectivity index (χ0) is 50.7. The van der Waals surface area contributed by atoms with E-state index < -0.39 is 27.2 Å². The van der Waals surface area contributed by atoms with Gasteiger partial charge >= 0.3 is 11.9 Å². The van der Waals surface area contributed by atoms with Crippen molar-refractivity contribution in [2.75, 3.05) is 24.6 Å². The lowest BCUT2D eigenvalue weighted by Crippen LogP contribution is -2.32. The summed E-state index contributed by atoms with van der Waals surface area (Å²) in [5, 5.41) is 17.7. The molecule has 1 spiro atoms. The fraction of sp³-hybridized carbons (Fsp3) is 0.246. The highest BCUT2D eigenvalue weighted by atomic mass is 32.2. The van der Waals surface area contributed by atoms with Gasteiger partial charge in [-0.2, -0.15) is 8.91 Å². The Balaban J connectivity index is 1.14. The van der Waals surface area contributed by atoms with Gasteiger partial charge in [0.05, 0.1) is 33.5 Å². The Hall–Kier alpha value is -6.69. The molecule has 2 atom stereocenters. The molecule has 2 unspecified atom stereocenters. The topological polar surface area (TPSA) is 158 Å². The molecule has 3 aliphatic heterocycles. The molecule has 6 aromatic rings. The first-order valence-electron chi connectivity index (χ1n) is 23.8. The first-order valence-corrected chi connectivity index (χ1v) is 25.9. The standard InChI is InChI=1S/C57H53N3O10S2/c1-36(61)67-32-31-58-48-27-19-40-33-44(71-70-69-63)23-25-46(40)53(48)56(3,4)50(58)29-21-38-17-18-39(55(38)59(42-13-9-7-10-14-42)43-15-11-8-12-16-43)22-30-51-57(5,6)54-47-26-24-45(72(64,65)66)34-41(47)20-28-49(54)60(51)35-52(60)68-37(2)62/h7-16,19-30,33-34,52H,17-18,31-32,35H2,1-6H3/b39-22+,51-30+. The molecule has 0 aromatic heterocycles. The van der Waals surface area contributed by atoms with Crippen molar-refractivity contribution in [3.63, 3.8) is 0 Å². The van der Waals surface area contributed by atoms with E-state index in [2.05, 4.69) is 101 Å². The van der Waals surface area contributed by atoms with E-state index in [1.165, 1.54) is 26.0 Å². The van der Waals surface area contributed by atoms with Crippen molar-refractivity contribution in [2.24, 2.45) is 0 Å². The third kappa shape index (κ3) is 8.57. The van der Waals surface area contributed by atoms with Crippen LogP contribution in [0.4, 0.5) is 22.7 Å². The number of carbonyl (C=O) groups is 2. The van der Waals surface area contributed by atoms with Crippen LogP contribution in [0.3, 0.4) is 0 Å². The van der Waals surface area contributed by atoms with Gasteiger partial charge in [0.25, 0.3) is 6.23 Å². The quantitative estimate of drug-likeness (QED) is 0.0149. The Labute approximate surface area is 423 Å². The normalized spacial score (nSPS) is 20.9. The Morgan fingerprint density at radius 3 is 2.12 bits per heavy atom. The van der Waals surface area contributed by atoms with E-state index in [1.807, 2.05) is 72.8 Å². The largest absolute Gasteiger partial charge is 0.744 e. The van der Waals surface area contributed by atoms with E-state index in [0.717, 1.165) is 96.8 Å². The minimum Gasteiger partial charge on any atom is -0.744 e. The summed E-state index contributed by atoms with van der Waals surface area (Å²) in [5.74, 6) is -0.728. The number of quaternary nitrogens is 1. The molecule has 4 aliphatic rings. The fourth-order valence-corrected chi connectivity index (χ4v) is 12.4. The molecule has 0 bridgehead atoms. The summed E-state index contributed by atoms with van der Waals surface area (Å²) >= 11 is 0.847. The van der Waals surface area contributed by atoms with Gasteiger partial charge in [0.1, 0.15) is 21.5 Å². The molecule has 0 amide bonds. The Bertz CT molecular complexity index is 3450. The smallest absolute Gasteiger partial charge is 0.307 e. The van der Waals surface area contributed by atoms with Crippen molar-refractivity contribution in [1.82, 2.24) is 4.48 Å². The number of rotatable bonds is 14. The number of esters is 2. The molecule has 72 heavy (non-hydrogen) atoms. The molecule has 15 heteroatoms. The van der Waals surface area contributed by atoms with Crippen molar-refractivity contribution in [3.8, 4) is 0 Å². The van der Waals surface area contributed by atoms with E-state index in [1.54, 1.807) is 6.07 Å². The van der Waals surface area contributed by atoms with E-state index in [9.17, 15) is 27.8 Å². The molecule has 3 heterocycles. The van der Waals surface area contributed by atoms with Crippen molar-refractivity contribution in [3.05, 3.63) is 179 Å². The molecule has 6 aromatic carbocycles. The van der Waals surface area contributed by atoms with Gasteiger partial charge in [0.2, 0.25) is 5.69 Å². The molecule has 1 fully saturated rings. The van der Waals surface area contributed by atoms with Gasteiger partial charge in [0, 0.05) is 59.5 Å². The first-order chi connectivity index (χ1) is 34.4. The Morgan fingerprint density at radius 1 is 0.792 bits per heavy atom. The van der Waals surface area contributed by atoms with Crippen LogP contribution >= 0.6 is 12.0 Å². The maximum absolute atomic E-state index is 12.6. The number of fused-ring (bicyclic) bond motifs is 7. The zero-order valence-corrected chi connectivity index (χ0v) is 42.3. The molecular weight excluding hydrogens is 951 g/mol. The summed E-state index contributed by atoms with van der Waals surface area (Å²) in [6.07, 6.45) is 9.82. The average molecular weight is 1000 g/mol. The van der Waals surface area contributed by atoms with Crippen LogP contribution in [0.5, 0.6) is 0 Å². The lowest BCUT2D eigenvalue weighted by Gasteiger charge is -2.28. The highest BCUT2D eigenvalue weighted by Gasteiger charge is 2.71. The number of carbonyl (C=O) groups excluding carboxylic acids is 2. The van der Waals surface area contributed by atoms with Crippen molar-refractivity contribution < 1.29 is 51.2 Å². The zero-order valence-electron chi connectivity index (χ0n) is 40.7. The van der Waals surface area contributed by atoms with Gasteiger partial charge in [0.15, 0.2) is 25.4 Å². The molecule has 0 radical (unpaired) electrons. The van der Waals surface area contributed by atoms with Gasteiger partial charge in [-0.25, -0.2) is 12.9 Å². The second-order valence-corrected chi connectivity index (χ2v) is 21.7. The molecule has 1 saturated heterocycles. The summed E-state index contributed by atoms with van der Waals surface area (Å²) in [6, 6.07) is 39.0. The van der Waals surface area contributed by atoms with Crippen LogP contribution in [0.1, 0.15) is 65.5 Å². The average Bonchev–Trinajstić information content (AvgIpc) is 3.74. The number of benzene rings is 6. The van der Waals surface area contributed by atoms with Gasteiger partial charge in [-0.1, -0.05) is 60.7 Å². The predicted octanol–water partition coefficient (Wildman–Crippen LogP) is 10.5. The van der Waals surface area contributed by atoms with E-state index in [-0.39, 0.29) is 23.4 Å². The summed E-state index contributed by atoms with van der Waals surface area (Å²) in [5.41, 5.74) is 10.2. The minimum atomic E-state index is -4.68. The van der Waals surface area contributed by atoms with Crippen LogP contribution in [0.15, 0.2) is 178 Å². The summed E-state index contributed by atoms with van der Waals surface area (Å²) in [7, 11) is -4.68. The molecule has 368 valence electrons. The van der Waals surface area contributed by atoms with Gasteiger partial charge in [-0.3, -0.25) is 14.6 Å². The summed E-state index contributed by atoms with van der Waals surface area (Å²) in [6.45, 7) is 12.7. The molecule has 10 rings (SSSR count). The summed E-state index contributed by atoms with van der Waals surface area (Å²) < 4.78 is 55.0. The minimum absolute atomic E-state index is 0.186. The number of para-hydroxylation sites is 2. The van der Waals surface area contributed by atoms with Crippen LogP contribution < -0.4 is 14.6 Å². The van der Waals surface area contributed by atoms with Crippen LogP contribution in [0.25, 0.3) is 21.5 Å². The lowest BCUT2D eigenvalue weighted by atomic mass is 9.79. The third-order valence-electron chi connectivity index (χ3n) is 14.5. The second kappa shape index (κ2) is 18.7. The predicted molar refractivity (Wildman–Crippen MR) is 275 cm³/mol. The molecule has 0 saturated carbocycles. The number of hydrogen-bond donors (Lipinski definition) is 0. The highest BCUT2D eigenvalue weighted by Crippen LogP contribution is 2.62. The molecule has 1 aliphatic carbocycles. The van der Waals surface area contributed by atoms with E-state index in [0.29, 0.717) is 34.3 Å². The van der Waals surface area contributed by atoms with Crippen LogP contribution in [0, 0.1) is 0 Å². The van der Waals surface area contributed by atoms with Crippen molar-refractivity contribution in [1.29, 1.82) is 0 Å². The van der Waals surface area contributed by atoms with Gasteiger partial charge in [-0.05, 0) is 140 Å². The van der Waals surface area contributed by atoms with E-state index in [4.69, 9.17) is 9.47 Å². The SMILES string of the molecule is CC(=O)OCC[N+]1=C(/C=C/C2=C(N(c3ccccc3)c3ccccc3)C(=C/C=C3\C(C)(C)c4c(ccc5cc(S(=O)(=O)[O-])ccc45)[N+]34CC4OC(C)=O)/CC2)C(C)(C)c2c1ccc1cc(SOO[O-])ccc21. The maximum atomic E-state index is 12.6. The molecule has 13 nitrogen and oxygen atoms in total. The highest BCUT2D eigenvalue weighted by molar-refractivity contribution is 7.94. The molecular formula is C57H53N3O10S2. The number of hydrogen-bond acceptors (Lipinski definition) is 12. The maximum Gasteiger partial charge on any atom is 0.307 e. The molecule has 0 N–H and O–H groups in total. The van der Waals surface area contributed by atoms with Crippen LogP contribution in [-0.4, -0.2) is 61.1 Å².